The first-order valence-electron chi connectivity index (χ1n) is 9.09. The lowest BCUT2D eigenvalue weighted by atomic mass is 9.97. The van der Waals surface area contributed by atoms with Gasteiger partial charge in [0.25, 0.3) is 5.91 Å². The van der Waals surface area contributed by atoms with E-state index in [0.29, 0.717) is 29.4 Å². The number of hydrogen-bond acceptors (Lipinski definition) is 3. The number of amides is 1. The summed E-state index contributed by atoms with van der Waals surface area (Å²) in [4.78, 5) is 19.7. The Morgan fingerprint density at radius 1 is 1.30 bits per heavy atom. The summed E-state index contributed by atoms with van der Waals surface area (Å²) in [5.74, 6) is 0.479. The van der Waals surface area contributed by atoms with Crippen LogP contribution in [0.3, 0.4) is 0 Å². The molecule has 0 fully saturated rings. The second-order valence-corrected chi connectivity index (χ2v) is 8.54. The molecule has 1 amide bonds. The number of nitrogens with zero attached hydrogens (tertiary/aromatic N) is 2. The lowest BCUT2D eigenvalue weighted by molar-refractivity contribution is 0.0725. The Bertz CT molecular complexity index is 889. The van der Waals surface area contributed by atoms with Gasteiger partial charge in [-0.3, -0.25) is 9.78 Å². The fourth-order valence-corrected chi connectivity index (χ4v) is 4.48. The van der Waals surface area contributed by atoms with E-state index in [2.05, 4.69) is 33.9 Å². The molecule has 1 aliphatic rings. The van der Waals surface area contributed by atoms with Crippen LogP contribution in [0.1, 0.15) is 52.3 Å². The summed E-state index contributed by atoms with van der Waals surface area (Å²) in [6.45, 7) is 11.1. The minimum Gasteiger partial charge on any atom is -0.489 e. The van der Waals surface area contributed by atoms with E-state index in [1.807, 2.05) is 38.7 Å². The molecule has 0 aliphatic carbocycles. The van der Waals surface area contributed by atoms with Gasteiger partial charge in [0.15, 0.2) is 0 Å². The van der Waals surface area contributed by atoms with Crippen molar-refractivity contribution >= 4 is 33.4 Å². The SMILES string of the molecule is Cc1cc(C)c(CN2CCc3c(Br)cc(OC(C)C)c(Cl)c3C2=O)c(C)n1. The van der Waals surface area contributed by atoms with Crippen LogP contribution in [0.4, 0.5) is 0 Å². The van der Waals surface area contributed by atoms with Gasteiger partial charge < -0.3 is 9.64 Å². The molecular weight excluding hydrogens is 428 g/mol. The van der Waals surface area contributed by atoms with E-state index in [1.54, 1.807) is 0 Å². The highest BCUT2D eigenvalue weighted by Gasteiger charge is 2.31. The summed E-state index contributed by atoms with van der Waals surface area (Å²) in [5.41, 5.74) is 5.71. The molecule has 1 aromatic carbocycles. The van der Waals surface area contributed by atoms with Crippen molar-refractivity contribution in [2.45, 2.75) is 53.7 Å². The number of pyridine rings is 1. The Balaban J connectivity index is 1.98. The number of carbonyl (C=O) groups is 1. The first-order chi connectivity index (χ1) is 12.7. The first kappa shape index (κ1) is 20.2. The topological polar surface area (TPSA) is 42.4 Å². The summed E-state index contributed by atoms with van der Waals surface area (Å²) >= 11 is 10.2. The van der Waals surface area contributed by atoms with Crippen LogP contribution in [0, 0.1) is 20.8 Å². The Hall–Kier alpha value is -1.59. The maximum absolute atomic E-state index is 13.3. The molecule has 3 rings (SSSR count). The Morgan fingerprint density at radius 2 is 2.00 bits per heavy atom. The van der Waals surface area contributed by atoms with E-state index in [1.165, 1.54) is 0 Å². The van der Waals surface area contributed by atoms with Gasteiger partial charge in [-0.2, -0.15) is 0 Å². The molecule has 0 radical (unpaired) electrons. The van der Waals surface area contributed by atoms with Crippen molar-refractivity contribution in [2.75, 3.05) is 6.54 Å². The predicted octanol–water partition coefficient (Wildman–Crippen LogP) is 5.41. The molecule has 1 aromatic heterocycles. The van der Waals surface area contributed by atoms with Crippen LogP contribution in [-0.4, -0.2) is 28.4 Å². The van der Waals surface area contributed by atoms with E-state index in [4.69, 9.17) is 16.3 Å². The van der Waals surface area contributed by atoms with Gasteiger partial charge in [-0.15, -0.1) is 0 Å². The normalized spacial score (nSPS) is 13.9. The molecule has 0 N–H and O–H groups in total. The third-order valence-electron chi connectivity index (χ3n) is 4.81. The number of rotatable bonds is 4. The van der Waals surface area contributed by atoms with Crippen molar-refractivity contribution in [2.24, 2.45) is 0 Å². The Morgan fingerprint density at radius 3 is 2.63 bits per heavy atom. The molecular formula is C21H24BrClN2O2. The predicted molar refractivity (Wildman–Crippen MR) is 112 cm³/mol. The molecule has 2 aromatic rings. The molecule has 0 saturated heterocycles. The quantitative estimate of drug-likeness (QED) is 0.624. The maximum Gasteiger partial charge on any atom is 0.256 e. The summed E-state index contributed by atoms with van der Waals surface area (Å²) < 4.78 is 6.67. The van der Waals surface area contributed by atoms with Crippen molar-refractivity contribution in [3.8, 4) is 5.75 Å². The van der Waals surface area contributed by atoms with Crippen molar-refractivity contribution < 1.29 is 9.53 Å². The summed E-state index contributed by atoms with van der Waals surface area (Å²) in [6, 6.07) is 3.92. The van der Waals surface area contributed by atoms with Gasteiger partial charge >= 0.3 is 0 Å². The second-order valence-electron chi connectivity index (χ2n) is 7.31. The lowest BCUT2D eigenvalue weighted by Gasteiger charge is -2.31. The number of carbonyl (C=O) groups excluding carboxylic acids is 1. The van der Waals surface area contributed by atoms with E-state index < -0.39 is 0 Å². The largest absolute Gasteiger partial charge is 0.489 e. The Labute approximate surface area is 174 Å². The van der Waals surface area contributed by atoms with Crippen LogP contribution in [-0.2, 0) is 13.0 Å². The van der Waals surface area contributed by atoms with Crippen LogP contribution < -0.4 is 4.74 Å². The van der Waals surface area contributed by atoms with Crippen LogP contribution in [0.5, 0.6) is 5.75 Å². The third-order valence-corrected chi connectivity index (χ3v) is 5.89. The minimum atomic E-state index is -0.0597. The van der Waals surface area contributed by atoms with Crippen LogP contribution in [0.15, 0.2) is 16.6 Å². The number of halogens is 2. The molecule has 0 unspecified atom stereocenters. The van der Waals surface area contributed by atoms with Crippen LogP contribution >= 0.6 is 27.5 Å². The third kappa shape index (κ3) is 3.99. The fourth-order valence-electron chi connectivity index (χ4n) is 3.59. The lowest BCUT2D eigenvalue weighted by Crippen LogP contribution is -2.38. The highest BCUT2D eigenvalue weighted by Crippen LogP contribution is 2.39. The summed E-state index contributed by atoms with van der Waals surface area (Å²) in [7, 11) is 0. The van der Waals surface area contributed by atoms with Crippen molar-refractivity contribution in [1.82, 2.24) is 9.88 Å². The standard InChI is InChI=1S/C21H24BrClN2O2/c1-11(2)27-18-9-17(22)15-6-7-25(21(26)19(15)20(18)23)10-16-12(3)8-13(4)24-14(16)5/h8-9,11H,6-7,10H2,1-5H3. The molecule has 6 heteroatoms. The number of aryl methyl sites for hydroxylation is 3. The average molecular weight is 452 g/mol. The molecule has 27 heavy (non-hydrogen) atoms. The fraction of sp³-hybridized carbons (Fsp3) is 0.429. The highest BCUT2D eigenvalue weighted by molar-refractivity contribution is 9.10. The number of fused-ring (bicyclic) bond motifs is 1. The molecule has 1 aliphatic heterocycles. The van der Waals surface area contributed by atoms with Crippen LogP contribution in [0.25, 0.3) is 0 Å². The monoisotopic (exact) mass is 450 g/mol. The van der Waals surface area contributed by atoms with Gasteiger partial charge in [0, 0.05) is 29.0 Å². The molecule has 0 saturated carbocycles. The zero-order valence-electron chi connectivity index (χ0n) is 16.3. The molecule has 144 valence electrons. The molecule has 4 nitrogen and oxygen atoms in total. The number of hydrogen-bond donors (Lipinski definition) is 0. The average Bonchev–Trinajstić information content (AvgIpc) is 2.56. The number of benzene rings is 1. The van der Waals surface area contributed by atoms with E-state index in [0.717, 1.165) is 39.0 Å². The molecule has 0 spiro atoms. The van der Waals surface area contributed by atoms with E-state index in [9.17, 15) is 4.79 Å². The van der Waals surface area contributed by atoms with Gasteiger partial charge in [-0.1, -0.05) is 27.5 Å². The molecule has 0 atom stereocenters. The second kappa shape index (κ2) is 7.80. The molecule has 0 bridgehead atoms. The van der Waals surface area contributed by atoms with Crippen molar-refractivity contribution in [3.63, 3.8) is 0 Å². The van der Waals surface area contributed by atoms with E-state index >= 15 is 0 Å². The van der Waals surface area contributed by atoms with E-state index in [-0.39, 0.29) is 12.0 Å². The smallest absolute Gasteiger partial charge is 0.256 e. The van der Waals surface area contributed by atoms with Gasteiger partial charge in [0.2, 0.25) is 0 Å². The van der Waals surface area contributed by atoms with Gasteiger partial charge in [0.1, 0.15) is 5.75 Å². The summed E-state index contributed by atoms with van der Waals surface area (Å²) in [6.07, 6.45) is 0.729. The Kier molecular flexibility index (Phi) is 5.82. The first-order valence-corrected chi connectivity index (χ1v) is 10.3. The number of ether oxygens (including phenoxy) is 1. The zero-order chi connectivity index (χ0) is 19.9. The zero-order valence-corrected chi connectivity index (χ0v) is 18.7. The number of aromatic nitrogens is 1. The van der Waals surface area contributed by atoms with Gasteiger partial charge in [-0.05, 0) is 69.9 Å². The molecule has 2 heterocycles. The van der Waals surface area contributed by atoms with Crippen LogP contribution in [0.2, 0.25) is 5.02 Å². The minimum absolute atomic E-state index is 0.0221. The van der Waals surface area contributed by atoms with Crippen molar-refractivity contribution in [1.29, 1.82) is 0 Å². The maximum atomic E-state index is 13.3. The van der Waals surface area contributed by atoms with Gasteiger partial charge in [-0.25, -0.2) is 0 Å². The van der Waals surface area contributed by atoms with Gasteiger partial charge in [0.05, 0.1) is 16.7 Å². The van der Waals surface area contributed by atoms with Crippen molar-refractivity contribution in [3.05, 3.63) is 55.3 Å². The summed E-state index contributed by atoms with van der Waals surface area (Å²) in [5, 5.41) is 0.395. The highest BCUT2D eigenvalue weighted by atomic mass is 79.9.